The van der Waals surface area contributed by atoms with Gasteiger partial charge in [-0.2, -0.15) is 0 Å². The maximum atomic E-state index is 13.1. The Morgan fingerprint density at radius 3 is 0.696 bits per heavy atom. The van der Waals surface area contributed by atoms with Crippen LogP contribution < -0.4 is 0 Å². The molecule has 4 unspecified atom stereocenters. The molecule has 0 aromatic rings. The number of esters is 4. The maximum absolute atomic E-state index is 13.1. The van der Waals surface area contributed by atoms with Gasteiger partial charge >= 0.3 is 39.5 Å². The molecule has 0 aliphatic rings. The minimum absolute atomic E-state index is 0.105. The second-order valence-electron chi connectivity index (χ2n) is 31.5. The Morgan fingerprint density at radius 2 is 0.471 bits per heavy atom. The highest BCUT2D eigenvalue weighted by atomic mass is 31.2. The molecule has 3 N–H and O–H groups in total. The first kappa shape index (κ1) is 100. The van der Waals surface area contributed by atoms with Crippen LogP contribution in [0.1, 0.15) is 428 Å². The van der Waals surface area contributed by atoms with Crippen molar-refractivity contribution in [3.05, 3.63) is 0 Å². The van der Waals surface area contributed by atoms with Crippen molar-refractivity contribution in [1.82, 2.24) is 0 Å². The van der Waals surface area contributed by atoms with Gasteiger partial charge in [0, 0.05) is 25.7 Å². The van der Waals surface area contributed by atoms with Gasteiger partial charge in [-0.25, -0.2) is 9.13 Å². The number of aliphatic hydroxyl groups is 1. The quantitative estimate of drug-likeness (QED) is 0.0222. The van der Waals surface area contributed by atoms with Gasteiger partial charge in [0.1, 0.15) is 19.3 Å². The number of hydrogen-bond donors (Lipinski definition) is 3. The lowest BCUT2D eigenvalue weighted by Crippen LogP contribution is -2.30. The fourth-order valence-electron chi connectivity index (χ4n) is 12.8. The highest BCUT2D eigenvalue weighted by molar-refractivity contribution is 7.47. The smallest absolute Gasteiger partial charge is 0.462 e. The zero-order chi connectivity index (χ0) is 75.3. The summed E-state index contributed by atoms with van der Waals surface area (Å²) in [5.74, 6) is 1.02. The van der Waals surface area contributed by atoms with E-state index in [-0.39, 0.29) is 25.7 Å². The first-order valence-electron chi connectivity index (χ1n) is 42.7. The SMILES string of the molecule is CCC(C)CCCCCCCCCCCCCCCCCCCCC(=O)OC[C@H](COP(=O)(O)OCC(O)COP(=O)(O)OC[C@@H](COC(=O)CCCCCCCCCC(C)C)OC(=O)CCCCCCCCCCCCCC(C)C)OC(=O)CCCCCCCCCCCCCCCC(C)C. The molecule has 606 valence electrons. The van der Waals surface area contributed by atoms with Crippen LogP contribution in [0.2, 0.25) is 0 Å². The molecule has 0 amide bonds. The number of carbonyl (C=O) groups excluding carboxylic acids is 4. The third kappa shape index (κ3) is 74.9. The summed E-state index contributed by atoms with van der Waals surface area (Å²) >= 11 is 0. The summed E-state index contributed by atoms with van der Waals surface area (Å²) < 4.78 is 68.7. The molecule has 0 aromatic carbocycles. The first-order valence-corrected chi connectivity index (χ1v) is 45.7. The molecule has 0 saturated heterocycles. The number of ether oxygens (including phenoxy) is 4. The van der Waals surface area contributed by atoms with E-state index in [0.717, 1.165) is 114 Å². The molecule has 0 rings (SSSR count). The molecule has 19 heteroatoms. The molecule has 0 bridgehead atoms. The van der Waals surface area contributed by atoms with E-state index in [2.05, 4.69) is 55.4 Å². The van der Waals surface area contributed by atoms with Crippen molar-refractivity contribution < 1.29 is 80.2 Å². The number of hydrogen-bond acceptors (Lipinski definition) is 15. The topological polar surface area (TPSA) is 237 Å². The molecular formula is C83H162O17P2. The predicted molar refractivity (Wildman–Crippen MR) is 418 cm³/mol. The lowest BCUT2D eigenvalue weighted by atomic mass is 9.99. The summed E-state index contributed by atoms with van der Waals surface area (Å²) in [6.07, 6.45) is 59.8. The first-order chi connectivity index (χ1) is 49.1. The van der Waals surface area contributed by atoms with Gasteiger partial charge in [0.25, 0.3) is 0 Å². The molecule has 0 heterocycles. The van der Waals surface area contributed by atoms with Crippen molar-refractivity contribution in [1.29, 1.82) is 0 Å². The minimum atomic E-state index is -4.96. The van der Waals surface area contributed by atoms with Crippen molar-refractivity contribution in [2.45, 2.75) is 446 Å². The van der Waals surface area contributed by atoms with E-state index in [1.165, 1.54) is 225 Å². The van der Waals surface area contributed by atoms with E-state index < -0.39 is 97.5 Å². The molecule has 102 heavy (non-hydrogen) atoms. The number of unbranched alkanes of at least 4 members (excludes halogenated alkanes) is 45. The van der Waals surface area contributed by atoms with Crippen LogP contribution in [0.15, 0.2) is 0 Å². The van der Waals surface area contributed by atoms with E-state index in [0.29, 0.717) is 31.6 Å². The fourth-order valence-corrected chi connectivity index (χ4v) is 14.3. The fraction of sp³-hybridized carbons (Fsp3) is 0.952. The van der Waals surface area contributed by atoms with Crippen molar-refractivity contribution in [2.24, 2.45) is 23.7 Å². The maximum Gasteiger partial charge on any atom is 0.472 e. The minimum Gasteiger partial charge on any atom is -0.462 e. The van der Waals surface area contributed by atoms with Crippen LogP contribution in [0.4, 0.5) is 0 Å². The standard InChI is InChI=1S/C83H162O17P2/c1-9-76(8)62-54-46-38-30-24-18-14-12-10-11-13-15-19-25-31-39-47-55-63-80(85)93-69-78(99-82(87)65-57-49-40-32-26-20-16-17-22-28-35-43-51-59-73(2)3)71-97-101(89,90)95-67-77(84)68-96-102(91,92)98-72-79(70-94-81(86)64-56-48-42-34-37-45-53-61-75(6)7)100-83(88)66-58-50-41-33-27-21-23-29-36-44-52-60-74(4)5/h73-79,84H,9-72H2,1-8H3,(H,89,90)(H,91,92)/t76?,77?,78-,79-/m1/s1. The number of phosphoric ester groups is 2. The molecule has 17 nitrogen and oxygen atoms in total. The Morgan fingerprint density at radius 1 is 0.275 bits per heavy atom. The Labute approximate surface area is 626 Å². The zero-order valence-corrected chi connectivity index (χ0v) is 69.0. The molecule has 6 atom stereocenters. The van der Waals surface area contributed by atoms with Crippen molar-refractivity contribution in [3.63, 3.8) is 0 Å². The summed E-state index contributed by atoms with van der Waals surface area (Å²) in [6.45, 7) is 14.3. The van der Waals surface area contributed by atoms with E-state index >= 15 is 0 Å². The van der Waals surface area contributed by atoms with Crippen molar-refractivity contribution in [2.75, 3.05) is 39.6 Å². The molecule has 0 spiro atoms. The Bertz CT molecular complexity index is 1990. The van der Waals surface area contributed by atoms with Crippen LogP contribution in [0.25, 0.3) is 0 Å². The lowest BCUT2D eigenvalue weighted by Gasteiger charge is -2.21. The number of rotatable bonds is 80. The van der Waals surface area contributed by atoms with Crippen molar-refractivity contribution >= 4 is 39.5 Å². The van der Waals surface area contributed by atoms with E-state index in [1.807, 2.05) is 0 Å². The summed E-state index contributed by atoms with van der Waals surface area (Å²) in [6, 6.07) is 0. The van der Waals surface area contributed by atoms with Crippen molar-refractivity contribution in [3.8, 4) is 0 Å². The zero-order valence-electron chi connectivity index (χ0n) is 67.2. The molecule has 0 radical (unpaired) electrons. The normalized spacial score (nSPS) is 14.3. The summed E-state index contributed by atoms with van der Waals surface area (Å²) in [4.78, 5) is 73.1. The number of phosphoric acid groups is 2. The summed E-state index contributed by atoms with van der Waals surface area (Å²) in [5.41, 5.74) is 0. The van der Waals surface area contributed by atoms with Gasteiger partial charge in [0.05, 0.1) is 26.4 Å². The molecule has 0 fully saturated rings. The van der Waals surface area contributed by atoms with Gasteiger partial charge in [0.15, 0.2) is 12.2 Å². The second kappa shape index (κ2) is 72.0. The molecule has 0 aliphatic heterocycles. The Hall–Kier alpha value is -1.94. The van der Waals surface area contributed by atoms with Gasteiger partial charge < -0.3 is 33.8 Å². The van der Waals surface area contributed by atoms with Crippen LogP contribution in [-0.2, 0) is 65.4 Å². The van der Waals surface area contributed by atoms with Gasteiger partial charge in [-0.1, -0.05) is 376 Å². The number of carbonyl (C=O) groups is 4. The van der Waals surface area contributed by atoms with E-state index in [4.69, 9.17) is 37.0 Å². The third-order valence-electron chi connectivity index (χ3n) is 19.7. The monoisotopic (exact) mass is 1490 g/mol. The molecular weight excluding hydrogens is 1330 g/mol. The van der Waals surface area contributed by atoms with E-state index in [9.17, 15) is 43.2 Å². The largest absolute Gasteiger partial charge is 0.472 e. The summed E-state index contributed by atoms with van der Waals surface area (Å²) in [7, 11) is -9.92. The van der Waals surface area contributed by atoms with Crippen LogP contribution in [0, 0.1) is 23.7 Å². The van der Waals surface area contributed by atoms with E-state index in [1.54, 1.807) is 0 Å². The van der Waals surface area contributed by atoms with Crippen LogP contribution in [0.5, 0.6) is 0 Å². The Balaban J connectivity index is 5.21. The third-order valence-corrected chi connectivity index (χ3v) is 21.6. The van der Waals surface area contributed by atoms with Gasteiger partial charge in [-0.15, -0.1) is 0 Å². The number of aliphatic hydroxyl groups excluding tert-OH is 1. The highest BCUT2D eigenvalue weighted by Gasteiger charge is 2.30. The van der Waals surface area contributed by atoms with Crippen LogP contribution in [0.3, 0.4) is 0 Å². The highest BCUT2D eigenvalue weighted by Crippen LogP contribution is 2.45. The second-order valence-corrected chi connectivity index (χ2v) is 34.4. The Kier molecular flexibility index (Phi) is 70.6. The molecule has 0 saturated carbocycles. The van der Waals surface area contributed by atoms with Gasteiger partial charge in [-0.3, -0.25) is 37.3 Å². The lowest BCUT2D eigenvalue weighted by molar-refractivity contribution is -0.161. The van der Waals surface area contributed by atoms with Gasteiger partial charge in [-0.05, 0) is 49.4 Å². The predicted octanol–water partition coefficient (Wildman–Crippen LogP) is 24.8. The molecule has 0 aliphatic carbocycles. The van der Waals surface area contributed by atoms with Crippen LogP contribution >= 0.6 is 15.6 Å². The van der Waals surface area contributed by atoms with Gasteiger partial charge in [0.2, 0.25) is 0 Å². The average Bonchev–Trinajstić information content (AvgIpc) is 0.933. The molecule has 0 aromatic heterocycles. The van der Waals surface area contributed by atoms with Crippen LogP contribution in [-0.4, -0.2) is 96.7 Å². The summed E-state index contributed by atoms with van der Waals surface area (Å²) in [5, 5.41) is 10.6. The average molecular weight is 1490 g/mol.